The molecule has 2 aromatic heterocycles. The van der Waals surface area contributed by atoms with Crippen molar-refractivity contribution in [2.24, 2.45) is 11.8 Å². The number of nitrogens with zero attached hydrogens (tertiary/aromatic N) is 5. The van der Waals surface area contributed by atoms with E-state index in [9.17, 15) is 19.2 Å². The van der Waals surface area contributed by atoms with Crippen LogP contribution < -0.4 is 15.5 Å². The third kappa shape index (κ3) is 10.2. The summed E-state index contributed by atoms with van der Waals surface area (Å²) in [5.74, 6) is 1.10. The Balaban J connectivity index is 1.00. The van der Waals surface area contributed by atoms with Crippen molar-refractivity contribution in [3.8, 4) is 0 Å². The molecule has 1 saturated carbocycles. The van der Waals surface area contributed by atoms with Crippen LogP contribution in [0.1, 0.15) is 164 Å². The average molecular weight is 988 g/mol. The number of alkyl carbamates (subject to hydrolysis) is 2. The minimum absolute atomic E-state index is 0.0509. The lowest BCUT2D eigenvalue weighted by atomic mass is 9.78. The van der Waals surface area contributed by atoms with Crippen molar-refractivity contribution in [1.29, 1.82) is 0 Å². The molecular weight excluding hydrogens is 914 g/mol. The Morgan fingerprint density at radius 1 is 0.667 bits per heavy atom. The lowest BCUT2D eigenvalue weighted by Gasteiger charge is -2.37. The number of ether oxygens (including phenoxy) is 2. The Morgan fingerprint density at radius 3 is 1.89 bits per heavy atom. The van der Waals surface area contributed by atoms with Crippen LogP contribution in [0.4, 0.5) is 19.7 Å². The molecule has 5 aromatic rings. The SMILES string of the molecule is COC(=O)N[C@H](C(=O)N1CCC[C@H]1c1nc2ccc([C@@H]3CCC(c4ccc(N5CCCCCC5)c(F)c4)[C@@H](c4ccc5nc([C@]6(C)CCCN6C(=O)[C@@H](NC(=O)OC)C(C)C)[nH]c5c4)CC3)cc2[nH]1)C(C)C. The molecule has 4 N–H and O–H groups in total. The highest BCUT2D eigenvalue weighted by Gasteiger charge is 2.46. The molecule has 4 aliphatic rings. The fourth-order valence-electron chi connectivity index (χ4n) is 12.4. The van der Waals surface area contributed by atoms with Crippen molar-refractivity contribution in [3.05, 3.63) is 88.8 Å². The number of benzene rings is 3. The Labute approximate surface area is 422 Å². The second kappa shape index (κ2) is 21.5. The number of aromatic amines is 2. The molecule has 1 aliphatic carbocycles. The van der Waals surface area contributed by atoms with Gasteiger partial charge in [-0.1, -0.05) is 58.7 Å². The van der Waals surface area contributed by atoms with E-state index in [1.807, 2.05) is 43.6 Å². The zero-order chi connectivity index (χ0) is 50.8. The van der Waals surface area contributed by atoms with E-state index in [0.29, 0.717) is 24.6 Å². The Kier molecular flexibility index (Phi) is 15.1. The number of methoxy groups -OCH3 is 2. The van der Waals surface area contributed by atoms with E-state index in [-0.39, 0.29) is 53.3 Å². The predicted octanol–water partition coefficient (Wildman–Crippen LogP) is 10.4. The number of amides is 4. The molecule has 7 atom stereocenters. The molecule has 5 heterocycles. The normalized spacial score (nSPS) is 23.8. The van der Waals surface area contributed by atoms with Crippen LogP contribution in [-0.2, 0) is 24.6 Å². The first-order valence-corrected chi connectivity index (χ1v) is 26.5. The molecular formula is C56H74FN9O6. The summed E-state index contributed by atoms with van der Waals surface area (Å²) in [7, 11) is 2.60. The molecule has 0 spiro atoms. The maximum atomic E-state index is 16.5. The standard InChI is InChI=1S/C56H74FN9O6/c1-33(2)48(62-54(69)71-6)51(67)65-28-12-14-47(65)50-58-42-22-17-36(31-44(42)59-50)35-15-20-39(37-19-24-46(41(57)30-37)64-26-10-8-9-11-27-64)40(21-16-35)38-18-23-43-45(32-38)61-53(60-43)56(5)25-13-29-66(56)52(68)49(34(3)4)63-55(70)72-7/h17-19,22-24,30-35,39-40,47-49H,8-16,20-21,25-29H2,1-7H3,(H,58,59)(H,60,61)(H,62,69)(H,63,70)/t35-,39?,40-,47+,48+,49+,56+/m1/s1. The first kappa shape index (κ1) is 50.7. The lowest BCUT2D eigenvalue weighted by molar-refractivity contribution is -0.138. The fourth-order valence-corrected chi connectivity index (χ4v) is 12.4. The maximum Gasteiger partial charge on any atom is 0.407 e. The van der Waals surface area contributed by atoms with Gasteiger partial charge in [0.25, 0.3) is 0 Å². The van der Waals surface area contributed by atoms with Gasteiger partial charge in [-0.15, -0.1) is 0 Å². The number of H-pyrrole nitrogens is 2. The van der Waals surface area contributed by atoms with Crippen molar-refractivity contribution >= 4 is 51.8 Å². The number of hydrogen-bond acceptors (Lipinski definition) is 9. The summed E-state index contributed by atoms with van der Waals surface area (Å²) >= 11 is 0. The molecule has 9 rings (SSSR count). The van der Waals surface area contributed by atoms with Crippen molar-refractivity contribution in [2.45, 2.75) is 153 Å². The van der Waals surface area contributed by atoms with Crippen molar-refractivity contribution < 1.29 is 33.0 Å². The van der Waals surface area contributed by atoms with Crippen LogP contribution in [0.2, 0.25) is 0 Å². The molecule has 1 unspecified atom stereocenters. The number of nitrogens with one attached hydrogen (secondary N) is 4. The number of anilines is 1. The summed E-state index contributed by atoms with van der Waals surface area (Å²) < 4.78 is 26.2. The fraction of sp³-hybridized carbons (Fsp3) is 0.571. The van der Waals surface area contributed by atoms with E-state index >= 15 is 4.39 Å². The number of carbonyl (C=O) groups excluding carboxylic acids is 4. The highest BCUT2D eigenvalue weighted by molar-refractivity contribution is 5.88. The molecule has 4 fully saturated rings. The Bertz CT molecular complexity index is 2760. The molecule has 0 radical (unpaired) electrons. The number of aromatic nitrogens is 4. The van der Waals surface area contributed by atoms with Gasteiger partial charge in [0.1, 0.15) is 29.5 Å². The third-order valence-electron chi connectivity index (χ3n) is 16.5. The van der Waals surface area contributed by atoms with E-state index < -0.39 is 29.8 Å². The van der Waals surface area contributed by atoms with E-state index in [1.54, 1.807) is 6.07 Å². The third-order valence-corrected chi connectivity index (χ3v) is 16.5. The van der Waals surface area contributed by atoms with Crippen LogP contribution in [0.15, 0.2) is 54.6 Å². The van der Waals surface area contributed by atoms with E-state index in [1.165, 1.54) is 32.6 Å². The van der Waals surface area contributed by atoms with Crippen LogP contribution in [0.25, 0.3) is 22.1 Å². The lowest BCUT2D eigenvalue weighted by Crippen LogP contribution is -2.55. The van der Waals surface area contributed by atoms with Crippen molar-refractivity contribution in [2.75, 3.05) is 45.3 Å². The van der Waals surface area contributed by atoms with Crippen molar-refractivity contribution in [3.63, 3.8) is 0 Å². The van der Waals surface area contributed by atoms with Crippen LogP contribution in [0, 0.1) is 17.7 Å². The largest absolute Gasteiger partial charge is 0.453 e. The Hall–Kier alpha value is -6.19. The predicted molar refractivity (Wildman–Crippen MR) is 276 cm³/mol. The van der Waals surface area contributed by atoms with Gasteiger partial charge in [-0.25, -0.2) is 23.9 Å². The molecule has 16 heteroatoms. The van der Waals surface area contributed by atoms with Gasteiger partial charge in [-0.05, 0) is 154 Å². The smallest absolute Gasteiger partial charge is 0.407 e. The maximum absolute atomic E-state index is 16.5. The summed E-state index contributed by atoms with van der Waals surface area (Å²) in [6.07, 6.45) is 9.94. The van der Waals surface area contributed by atoms with Gasteiger partial charge in [-0.3, -0.25) is 9.59 Å². The zero-order valence-electron chi connectivity index (χ0n) is 43.2. The van der Waals surface area contributed by atoms with Crippen LogP contribution >= 0.6 is 0 Å². The molecule has 15 nitrogen and oxygen atoms in total. The van der Waals surface area contributed by atoms with Gasteiger partial charge in [0.2, 0.25) is 11.8 Å². The molecule has 3 saturated heterocycles. The summed E-state index contributed by atoms with van der Waals surface area (Å²) in [6.45, 7) is 12.6. The number of imidazole rings is 2. The van der Waals surface area contributed by atoms with Crippen molar-refractivity contribution in [1.82, 2.24) is 40.4 Å². The Morgan fingerprint density at radius 2 is 1.25 bits per heavy atom. The van der Waals surface area contributed by atoms with Crippen LogP contribution in [0.5, 0.6) is 0 Å². The second-order valence-electron chi connectivity index (χ2n) is 21.7. The number of rotatable bonds is 12. The van der Waals surface area contributed by atoms with Gasteiger partial charge in [-0.2, -0.15) is 0 Å². The molecule has 386 valence electrons. The number of likely N-dealkylation sites (tertiary alicyclic amines) is 2. The molecule has 0 bridgehead atoms. The summed E-state index contributed by atoms with van der Waals surface area (Å²) in [5.41, 5.74) is 6.85. The topological polar surface area (TPSA) is 178 Å². The van der Waals surface area contributed by atoms with Gasteiger partial charge in [0, 0.05) is 26.2 Å². The highest BCUT2D eigenvalue weighted by Crippen LogP contribution is 2.48. The molecule has 3 aromatic carbocycles. The van der Waals surface area contributed by atoms with Crippen LogP contribution in [-0.4, -0.2) is 106 Å². The molecule has 4 amide bonds. The van der Waals surface area contributed by atoms with Crippen LogP contribution in [0.3, 0.4) is 0 Å². The number of halogens is 1. The van der Waals surface area contributed by atoms with Gasteiger partial charge in [0.15, 0.2) is 0 Å². The number of fused-ring (bicyclic) bond motifs is 2. The van der Waals surface area contributed by atoms with Gasteiger partial charge in [0.05, 0.1) is 53.6 Å². The minimum atomic E-state index is -0.744. The first-order valence-electron chi connectivity index (χ1n) is 26.5. The second-order valence-corrected chi connectivity index (χ2v) is 21.7. The molecule has 72 heavy (non-hydrogen) atoms. The number of hydrogen-bond donors (Lipinski definition) is 4. The monoisotopic (exact) mass is 988 g/mol. The zero-order valence-corrected chi connectivity index (χ0v) is 43.2. The van der Waals surface area contributed by atoms with E-state index in [0.717, 1.165) is 116 Å². The highest BCUT2D eigenvalue weighted by atomic mass is 19.1. The van der Waals surface area contributed by atoms with Gasteiger partial charge >= 0.3 is 12.2 Å². The first-order chi connectivity index (χ1) is 34.7. The summed E-state index contributed by atoms with van der Waals surface area (Å²) in [6, 6.07) is 17.3. The average Bonchev–Trinajstić information content (AvgIpc) is 4.14. The quantitative estimate of drug-likeness (QED) is 0.0886. The minimum Gasteiger partial charge on any atom is -0.453 e. The summed E-state index contributed by atoms with van der Waals surface area (Å²) in [5, 5.41) is 5.50. The van der Waals surface area contributed by atoms with E-state index in [4.69, 9.17) is 19.4 Å². The molecule has 3 aliphatic heterocycles. The van der Waals surface area contributed by atoms with E-state index in [2.05, 4.69) is 74.9 Å². The van der Waals surface area contributed by atoms with Gasteiger partial charge < -0.3 is 44.8 Å². The summed E-state index contributed by atoms with van der Waals surface area (Å²) in [4.78, 5) is 75.9. The number of carbonyl (C=O) groups is 4.